The van der Waals surface area contributed by atoms with Crippen molar-refractivity contribution in [3.63, 3.8) is 0 Å². The molecule has 1 aliphatic heterocycles. The third-order valence-corrected chi connectivity index (χ3v) is 7.50. The molecule has 0 bridgehead atoms. The fourth-order valence-corrected chi connectivity index (χ4v) is 5.72. The number of carbonyl (C=O) groups excluding carboxylic acids is 1. The first kappa shape index (κ1) is 19.9. The molecule has 9 heteroatoms. The van der Waals surface area contributed by atoms with Gasteiger partial charge in [-0.1, -0.05) is 36.0 Å². The van der Waals surface area contributed by atoms with E-state index in [0.717, 1.165) is 17.0 Å². The van der Waals surface area contributed by atoms with Crippen molar-refractivity contribution in [3.05, 3.63) is 29.8 Å². The Bertz CT molecular complexity index is 940. The average molecular weight is 409 g/mol. The van der Waals surface area contributed by atoms with Crippen LogP contribution in [0, 0.1) is 6.92 Å². The molecule has 0 spiro atoms. The van der Waals surface area contributed by atoms with Gasteiger partial charge in [-0.2, -0.15) is 0 Å². The van der Waals surface area contributed by atoms with Gasteiger partial charge in [0.2, 0.25) is 5.91 Å². The summed E-state index contributed by atoms with van der Waals surface area (Å²) in [5.41, 5.74) is 2.14. The largest absolute Gasteiger partial charge is 0.351 e. The zero-order chi connectivity index (χ0) is 19.6. The summed E-state index contributed by atoms with van der Waals surface area (Å²) in [7, 11) is -3.02. The van der Waals surface area contributed by atoms with Crippen LogP contribution in [0.2, 0.25) is 0 Å². The Morgan fingerprint density at radius 3 is 2.74 bits per heavy atom. The lowest BCUT2D eigenvalue weighted by Gasteiger charge is -2.16. The van der Waals surface area contributed by atoms with Crippen LogP contribution in [0.25, 0.3) is 11.4 Å². The topological polar surface area (TPSA) is 94.0 Å². The molecule has 3 rings (SSSR count). The number of sulfone groups is 1. The summed E-state index contributed by atoms with van der Waals surface area (Å²) in [5, 5.41) is 11.7. The predicted molar refractivity (Wildman–Crippen MR) is 106 cm³/mol. The Balaban J connectivity index is 1.72. The fourth-order valence-electron chi connectivity index (χ4n) is 3.12. The molecule has 1 aromatic carbocycles. The first-order chi connectivity index (χ1) is 12.8. The number of amides is 1. The highest BCUT2D eigenvalue weighted by molar-refractivity contribution is 8.00. The summed E-state index contributed by atoms with van der Waals surface area (Å²) < 4.78 is 25.1. The van der Waals surface area contributed by atoms with E-state index in [9.17, 15) is 13.2 Å². The summed E-state index contributed by atoms with van der Waals surface area (Å²) in [6, 6.07) is 7.70. The second kappa shape index (κ2) is 8.02. The van der Waals surface area contributed by atoms with Gasteiger partial charge in [0.05, 0.1) is 16.8 Å². The Morgan fingerprint density at radius 2 is 2.11 bits per heavy atom. The Morgan fingerprint density at radius 1 is 1.37 bits per heavy atom. The summed E-state index contributed by atoms with van der Waals surface area (Å²) in [4.78, 5) is 12.5. The first-order valence-electron chi connectivity index (χ1n) is 8.97. The van der Waals surface area contributed by atoms with Crippen LogP contribution >= 0.6 is 11.8 Å². The molecule has 7 nitrogen and oxygen atoms in total. The minimum Gasteiger partial charge on any atom is -0.351 e. The van der Waals surface area contributed by atoms with Crippen LogP contribution in [0.4, 0.5) is 0 Å². The molecule has 2 heterocycles. The van der Waals surface area contributed by atoms with E-state index in [4.69, 9.17) is 0 Å². The van der Waals surface area contributed by atoms with Gasteiger partial charge in [-0.3, -0.25) is 4.79 Å². The molecule has 146 valence electrons. The molecular formula is C18H24N4O3S2. The van der Waals surface area contributed by atoms with Crippen molar-refractivity contribution in [2.75, 3.05) is 11.5 Å². The second-order valence-electron chi connectivity index (χ2n) is 6.73. The molecule has 1 aliphatic rings. The van der Waals surface area contributed by atoms with Gasteiger partial charge in [0.1, 0.15) is 0 Å². The van der Waals surface area contributed by atoms with Gasteiger partial charge in [-0.25, -0.2) is 8.42 Å². The van der Waals surface area contributed by atoms with Crippen LogP contribution in [0.1, 0.15) is 25.8 Å². The molecule has 1 saturated heterocycles. The van der Waals surface area contributed by atoms with E-state index in [-0.39, 0.29) is 23.5 Å². The van der Waals surface area contributed by atoms with Crippen LogP contribution in [0.5, 0.6) is 0 Å². The van der Waals surface area contributed by atoms with Crippen LogP contribution in [0.3, 0.4) is 0 Å². The molecule has 0 aliphatic carbocycles. The highest BCUT2D eigenvalue weighted by atomic mass is 32.2. The van der Waals surface area contributed by atoms with Gasteiger partial charge < -0.3 is 9.88 Å². The van der Waals surface area contributed by atoms with Gasteiger partial charge in [0, 0.05) is 18.2 Å². The molecule has 1 fully saturated rings. The Kier molecular flexibility index (Phi) is 5.90. The van der Waals surface area contributed by atoms with Crippen molar-refractivity contribution in [2.45, 2.75) is 50.2 Å². The Hall–Kier alpha value is -1.87. The zero-order valence-corrected chi connectivity index (χ0v) is 17.3. The smallest absolute Gasteiger partial charge is 0.233 e. The monoisotopic (exact) mass is 408 g/mol. The molecule has 2 aromatic rings. The Labute approximate surface area is 163 Å². The van der Waals surface area contributed by atoms with Gasteiger partial charge in [0.25, 0.3) is 0 Å². The number of hydrogen-bond donors (Lipinski definition) is 1. The van der Waals surface area contributed by atoms with E-state index in [1.165, 1.54) is 11.8 Å². The quantitative estimate of drug-likeness (QED) is 0.736. The molecule has 1 amide bonds. The van der Waals surface area contributed by atoms with Gasteiger partial charge in [-0.05, 0) is 32.8 Å². The number of nitrogens with zero attached hydrogens (tertiary/aromatic N) is 3. The summed E-state index contributed by atoms with van der Waals surface area (Å²) in [6.07, 6.45) is 0.480. The van der Waals surface area contributed by atoms with Crippen LogP contribution in [-0.2, 0) is 21.2 Å². The minimum absolute atomic E-state index is 0.0265. The third-order valence-electron chi connectivity index (χ3n) is 4.65. The lowest BCUT2D eigenvalue weighted by atomic mass is 10.1. The number of thioether (sulfide) groups is 1. The molecule has 27 heavy (non-hydrogen) atoms. The van der Waals surface area contributed by atoms with Crippen molar-refractivity contribution in [1.82, 2.24) is 20.1 Å². The van der Waals surface area contributed by atoms with Crippen molar-refractivity contribution >= 4 is 27.5 Å². The molecule has 2 atom stereocenters. The van der Waals surface area contributed by atoms with Gasteiger partial charge >= 0.3 is 0 Å². The van der Waals surface area contributed by atoms with Crippen molar-refractivity contribution < 1.29 is 13.2 Å². The number of hydrogen-bond acceptors (Lipinski definition) is 6. The van der Waals surface area contributed by atoms with Gasteiger partial charge in [0.15, 0.2) is 20.8 Å². The lowest BCUT2D eigenvalue weighted by Crippen LogP contribution is -2.40. The summed E-state index contributed by atoms with van der Waals surface area (Å²) in [6.45, 7) is 6.53. The van der Waals surface area contributed by atoms with Crippen molar-refractivity contribution in [1.29, 1.82) is 0 Å². The number of nitrogens with one attached hydrogen (secondary N) is 1. The lowest BCUT2D eigenvalue weighted by molar-refractivity contribution is -0.120. The number of rotatable bonds is 6. The fraction of sp³-hybridized carbons (Fsp3) is 0.500. The molecule has 1 N–H and O–H groups in total. The van der Waals surface area contributed by atoms with E-state index in [0.29, 0.717) is 18.1 Å². The third kappa shape index (κ3) is 4.52. The number of aryl methyl sites for hydroxylation is 1. The van der Waals surface area contributed by atoms with Crippen molar-refractivity contribution in [3.8, 4) is 11.4 Å². The predicted octanol–water partition coefficient (Wildman–Crippen LogP) is 2.06. The summed E-state index contributed by atoms with van der Waals surface area (Å²) in [5.74, 6) is 0.778. The number of carbonyl (C=O) groups is 1. The first-order valence-corrected chi connectivity index (χ1v) is 11.7. The average Bonchev–Trinajstić information content (AvgIpc) is 3.17. The highest BCUT2D eigenvalue weighted by Gasteiger charge is 2.30. The maximum absolute atomic E-state index is 12.5. The summed E-state index contributed by atoms with van der Waals surface area (Å²) >= 11 is 1.34. The molecule has 1 aromatic heterocycles. The maximum atomic E-state index is 12.5. The van der Waals surface area contributed by atoms with E-state index in [1.54, 1.807) is 6.92 Å². The zero-order valence-electron chi connectivity index (χ0n) is 15.7. The normalized spacial score (nSPS) is 19.7. The van der Waals surface area contributed by atoms with Crippen LogP contribution < -0.4 is 5.32 Å². The van der Waals surface area contributed by atoms with E-state index < -0.39 is 15.1 Å². The van der Waals surface area contributed by atoms with E-state index >= 15 is 0 Å². The molecule has 0 radical (unpaired) electrons. The molecule has 0 saturated carbocycles. The van der Waals surface area contributed by atoms with E-state index in [1.807, 2.05) is 42.7 Å². The minimum atomic E-state index is -3.02. The van der Waals surface area contributed by atoms with Crippen LogP contribution in [-0.4, -0.2) is 51.9 Å². The van der Waals surface area contributed by atoms with E-state index in [2.05, 4.69) is 15.5 Å². The van der Waals surface area contributed by atoms with Gasteiger partial charge in [-0.15, -0.1) is 10.2 Å². The van der Waals surface area contributed by atoms with Crippen LogP contribution in [0.15, 0.2) is 29.4 Å². The maximum Gasteiger partial charge on any atom is 0.233 e. The standard InChI is InChI=1S/C18H24N4O3S2/c1-4-22-16(15-8-6-5-7-12(15)2)20-21-18(22)26-13(3)17(23)19-14-9-10-27(24,25)11-14/h5-8,13-14H,4,9-11H2,1-3H3,(H,19,23)/t13-,14+/m1/s1. The molecular weight excluding hydrogens is 384 g/mol. The number of aromatic nitrogens is 3. The highest BCUT2D eigenvalue weighted by Crippen LogP contribution is 2.28. The van der Waals surface area contributed by atoms with Crippen molar-refractivity contribution in [2.24, 2.45) is 0 Å². The second-order valence-corrected chi connectivity index (χ2v) is 10.3. The SMILES string of the molecule is CCn1c(S[C@H](C)C(=O)N[C@H]2CCS(=O)(=O)C2)nnc1-c1ccccc1C. The molecule has 0 unspecified atom stereocenters. The number of benzene rings is 1.